The number of methoxy groups -OCH3 is 1. The Balaban J connectivity index is 1.81. The molecule has 6 nitrogen and oxygen atoms in total. The number of amides is 1. The Kier molecular flexibility index (Phi) is 6.18. The van der Waals surface area contributed by atoms with Gasteiger partial charge in [-0.2, -0.15) is 4.99 Å². The van der Waals surface area contributed by atoms with Crippen LogP contribution in [0.4, 0.5) is 0 Å². The van der Waals surface area contributed by atoms with E-state index in [1.54, 1.807) is 28.8 Å². The lowest BCUT2D eigenvalue weighted by molar-refractivity contribution is -0.141. The molecule has 0 N–H and O–H groups in total. The molecule has 0 bridgehead atoms. The van der Waals surface area contributed by atoms with E-state index >= 15 is 0 Å². The van der Waals surface area contributed by atoms with Crippen molar-refractivity contribution in [2.75, 3.05) is 7.11 Å². The van der Waals surface area contributed by atoms with Gasteiger partial charge in [-0.05, 0) is 55.3 Å². The van der Waals surface area contributed by atoms with Crippen molar-refractivity contribution in [3.05, 3.63) is 88.2 Å². The normalized spacial score (nSPS) is 11.5. The molecule has 162 valence electrons. The van der Waals surface area contributed by atoms with E-state index in [0.717, 1.165) is 21.3 Å². The molecule has 0 aliphatic carbocycles. The highest BCUT2D eigenvalue weighted by molar-refractivity contribution is 7.16. The van der Waals surface area contributed by atoms with Crippen LogP contribution in [0.5, 0.6) is 11.5 Å². The first kappa shape index (κ1) is 21.5. The number of carbonyl (C=O) groups excluding carboxylic acids is 2. The third kappa shape index (κ3) is 4.48. The third-order valence-corrected chi connectivity index (χ3v) is 5.94. The van der Waals surface area contributed by atoms with Gasteiger partial charge in [0.2, 0.25) is 0 Å². The highest BCUT2D eigenvalue weighted by Gasteiger charge is 2.16. The lowest BCUT2D eigenvalue weighted by Gasteiger charge is -2.09. The quantitative estimate of drug-likeness (QED) is 0.403. The molecule has 4 aromatic rings. The van der Waals surface area contributed by atoms with Gasteiger partial charge in [-0.1, -0.05) is 47.7 Å². The van der Waals surface area contributed by atoms with Crippen molar-refractivity contribution in [2.45, 2.75) is 20.4 Å². The molecule has 0 radical (unpaired) electrons. The van der Waals surface area contributed by atoms with Crippen molar-refractivity contribution >= 4 is 33.4 Å². The summed E-state index contributed by atoms with van der Waals surface area (Å²) in [5.41, 5.74) is 3.31. The zero-order chi connectivity index (χ0) is 22.7. The minimum atomic E-state index is -0.448. The maximum atomic E-state index is 13.2. The predicted octanol–water partition coefficient (Wildman–Crippen LogP) is 5.03. The molecule has 0 spiro atoms. The lowest BCUT2D eigenvalue weighted by atomic mass is 10.1. The Hall–Kier alpha value is -3.71. The highest BCUT2D eigenvalue weighted by Crippen LogP contribution is 2.26. The van der Waals surface area contributed by atoms with Crippen LogP contribution in [0, 0.1) is 13.8 Å². The zero-order valence-corrected chi connectivity index (χ0v) is 18.8. The van der Waals surface area contributed by atoms with Crippen LogP contribution in [0.3, 0.4) is 0 Å². The second-order valence-corrected chi connectivity index (χ2v) is 8.31. The van der Waals surface area contributed by atoms with E-state index in [9.17, 15) is 9.59 Å². The molecule has 1 amide bonds. The third-order valence-electron chi connectivity index (χ3n) is 4.91. The van der Waals surface area contributed by atoms with E-state index in [1.807, 2.05) is 56.3 Å². The summed E-state index contributed by atoms with van der Waals surface area (Å²) in [6, 6.07) is 20.3. The van der Waals surface area contributed by atoms with Gasteiger partial charge >= 0.3 is 5.97 Å². The van der Waals surface area contributed by atoms with Gasteiger partial charge < -0.3 is 14.0 Å². The SMILES string of the molecule is COC(=O)Cn1c(=NC(=O)c2ccccc2Oc2ccccc2)sc2cc(C)cc(C)c21. The molecule has 0 saturated carbocycles. The highest BCUT2D eigenvalue weighted by atomic mass is 32.1. The number of nitrogens with zero attached hydrogens (tertiary/aromatic N) is 2. The average Bonchev–Trinajstić information content (AvgIpc) is 3.11. The monoisotopic (exact) mass is 446 g/mol. The first-order valence-electron chi connectivity index (χ1n) is 10.0. The van der Waals surface area contributed by atoms with Gasteiger partial charge in [0.1, 0.15) is 18.0 Å². The lowest BCUT2D eigenvalue weighted by Crippen LogP contribution is -2.22. The number of hydrogen-bond acceptors (Lipinski definition) is 5. The molecular weight excluding hydrogens is 424 g/mol. The number of hydrogen-bond donors (Lipinski definition) is 0. The number of esters is 1. The van der Waals surface area contributed by atoms with Crippen LogP contribution in [-0.2, 0) is 16.1 Å². The standard InChI is InChI=1S/C25H22N2O4S/c1-16-13-17(2)23-21(14-16)32-25(27(23)15-22(28)30-3)26-24(29)19-11-7-8-12-20(19)31-18-9-5-4-6-10-18/h4-14H,15H2,1-3H3. The maximum absolute atomic E-state index is 13.2. The molecule has 0 unspecified atom stereocenters. The van der Waals surface area contributed by atoms with Crippen molar-refractivity contribution in [1.29, 1.82) is 0 Å². The van der Waals surface area contributed by atoms with Gasteiger partial charge in [0.25, 0.3) is 5.91 Å². The summed E-state index contributed by atoms with van der Waals surface area (Å²) in [7, 11) is 1.34. The van der Waals surface area contributed by atoms with E-state index in [-0.39, 0.29) is 6.54 Å². The fourth-order valence-corrected chi connectivity index (χ4v) is 4.72. The minimum Gasteiger partial charge on any atom is -0.468 e. The first-order valence-corrected chi connectivity index (χ1v) is 10.9. The molecule has 0 atom stereocenters. The van der Waals surface area contributed by atoms with Gasteiger partial charge in [-0.15, -0.1) is 0 Å². The fraction of sp³-hybridized carbons (Fsp3) is 0.160. The summed E-state index contributed by atoms with van der Waals surface area (Å²) in [6.45, 7) is 3.95. The van der Waals surface area contributed by atoms with E-state index in [4.69, 9.17) is 9.47 Å². The summed E-state index contributed by atoms with van der Waals surface area (Å²) in [5.74, 6) is 0.184. The molecule has 0 saturated heterocycles. The summed E-state index contributed by atoms with van der Waals surface area (Å²) >= 11 is 1.36. The molecule has 1 heterocycles. The number of para-hydroxylation sites is 2. The Morgan fingerprint density at radius 2 is 1.72 bits per heavy atom. The molecule has 0 aliphatic rings. The topological polar surface area (TPSA) is 69.9 Å². The second kappa shape index (κ2) is 9.20. The van der Waals surface area contributed by atoms with Crippen LogP contribution in [0.2, 0.25) is 0 Å². The fourth-order valence-electron chi connectivity index (χ4n) is 3.51. The maximum Gasteiger partial charge on any atom is 0.325 e. The number of carbonyl (C=O) groups is 2. The Bertz CT molecular complexity index is 1370. The number of aryl methyl sites for hydroxylation is 2. The zero-order valence-electron chi connectivity index (χ0n) is 18.0. The van der Waals surface area contributed by atoms with Gasteiger partial charge in [-0.25, -0.2) is 0 Å². The van der Waals surface area contributed by atoms with Crippen molar-refractivity contribution in [3.63, 3.8) is 0 Å². The van der Waals surface area contributed by atoms with Gasteiger partial charge in [0.15, 0.2) is 4.80 Å². The molecular formula is C25H22N2O4S. The first-order chi connectivity index (χ1) is 15.5. The van der Waals surface area contributed by atoms with E-state index in [2.05, 4.69) is 4.99 Å². The summed E-state index contributed by atoms with van der Waals surface area (Å²) < 4.78 is 13.5. The number of ether oxygens (including phenoxy) is 2. The predicted molar refractivity (Wildman–Crippen MR) is 124 cm³/mol. The number of aromatic nitrogens is 1. The molecule has 4 rings (SSSR count). The van der Waals surface area contributed by atoms with Crippen LogP contribution in [-0.4, -0.2) is 23.6 Å². The summed E-state index contributed by atoms with van der Waals surface area (Å²) in [6.07, 6.45) is 0. The number of rotatable bonds is 5. The van der Waals surface area contributed by atoms with Crippen molar-refractivity contribution in [1.82, 2.24) is 4.57 Å². The molecule has 3 aromatic carbocycles. The van der Waals surface area contributed by atoms with Crippen LogP contribution >= 0.6 is 11.3 Å². The number of fused-ring (bicyclic) bond motifs is 1. The Morgan fingerprint density at radius 1 is 1.00 bits per heavy atom. The largest absolute Gasteiger partial charge is 0.468 e. The van der Waals surface area contributed by atoms with Gasteiger partial charge in [0, 0.05) is 0 Å². The van der Waals surface area contributed by atoms with Crippen molar-refractivity contribution < 1.29 is 19.1 Å². The van der Waals surface area contributed by atoms with Crippen molar-refractivity contribution in [2.24, 2.45) is 4.99 Å². The van der Waals surface area contributed by atoms with Crippen molar-refractivity contribution in [3.8, 4) is 11.5 Å². The van der Waals surface area contributed by atoms with Crippen LogP contribution in [0.1, 0.15) is 21.5 Å². The smallest absolute Gasteiger partial charge is 0.325 e. The van der Waals surface area contributed by atoms with Crippen LogP contribution < -0.4 is 9.54 Å². The summed E-state index contributed by atoms with van der Waals surface area (Å²) in [5, 5.41) is 0. The molecule has 0 fully saturated rings. The van der Waals surface area contributed by atoms with E-state index < -0.39 is 11.9 Å². The van der Waals surface area contributed by atoms with Gasteiger partial charge in [-0.3, -0.25) is 9.59 Å². The van der Waals surface area contributed by atoms with Crippen LogP contribution in [0.15, 0.2) is 71.7 Å². The molecule has 0 aliphatic heterocycles. The van der Waals surface area contributed by atoms with Crippen LogP contribution in [0.25, 0.3) is 10.2 Å². The van der Waals surface area contributed by atoms with Gasteiger partial charge in [0.05, 0.1) is 22.9 Å². The minimum absolute atomic E-state index is 0.0331. The number of benzene rings is 3. The molecule has 1 aromatic heterocycles. The molecule has 7 heteroatoms. The Morgan fingerprint density at radius 3 is 2.47 bits per heavy atom. The van der Waals surface area contributed by atoms with E-state index in [1.165, 1.54) is 18.4 Å². The summed E-state index contributed by atoms with van der Waals surface area (Å²) in [4.78, 5) is 30.1. The van der Waals surface area contributed by atoms with E-state index in [0.29, 0.717) is 21.9 Å². The Labute approximate surface area is 189 Å². The second-order valence-electron chi connectivity index (χ2n) is 7.30. The average molecular weight is 447 g/mol. The molecule has 32 heavy (non-hydrogen) atoms. The number of thiazole rings is 1.